The third-order valence-corrected chi connectivity index (χ3v) is 3.49. The van der Waals surface area contributed by atoms with Gasteiger partial charge in [-0.1, -0.05) is 33.7 Å². The molecule has 0 saturated heterocycles. The van der Waals surface area contributed by atoms with Crippen LogP contribution in [0.2, 0.25) is 0 Å². The van der Waals surface area contributed by atoms with Gasteiger partial charge in [-0.15, -0.1) is 0 Å². The van der Waals surface area contributed by atoms with Crippen LogP contribution in [0.15, 0.2) is 35.2 Å². The minimum Gasteiger partial charge on any atom is -0.0654 e. The third-order valence-electron chi connectivity index (χ3n) is 2.20. The van der Waals surface area contributed by atoms with Gasteiger partial charge in [0, 0.05) is 5.31 Å². The lowest BCUT2D eigenvalue weighted by atomic mass is 10.1. The largest absolute Gasteiger partial charge is 0.0654 e. The lowest BCUT2D eigenvalue weighted by Gasteiger charge is -1.93. The zero-order chi connectivity index (χ0) is 8.39. The quantitative estimate of drug-likeness (QED) is 0.575. The molecule has 0 saturated carbocycles. The molecule has 2 aliphatic rings. The van der Waals surface area contributed by atoms with Crippen molar-refractivity contribution in [2.75, 3.05) is 0 Å². The molecule has 62 valence electrons. The molecule has 0 nitrogen and oxygen atoms in total. The van der Waals surface area contributed by atoms with E-state index in [0.29, 0.717) is 0 Å². The van der Waals surface area contributed by atoms with Crippen LogP contribution in [0, 0.1) is 0 Å². The summed E-state index contributed by atoms with van der Waals surface area (Å²) in [7, 11) is 1.46. The van der Waals surface area contributed by atoms with Crippen LogP contribution < -0.4 is 0 Å². The minimum absolute atomic E-state index is 1.28. The maximum atomic E-state index is 2.35. The van der Waals surface area contributed by atoms with Crippen LogP contribution in [0.4, 0.5) is 0 Å². The Hall–Kier alpha value is -0.610. The van der Waals surface area contributed by atoms with Gasteiger partial charge in [0.15, 0.2) is 0 Å². The van der Waals surface area contributed by atoms with Crippen LogP contribution in [0.1, 0.15) is 26.2 Å². The van der Waals surface area contributed by atoms with Crippen LogP contribution >= 0.6 is 8.20 Å². The minimum atomic E-state index is 1.28. The van der Waals surface area contributed by atoms with Crippen molar-refractivity contribution in [3.63, 3.8) is 0 Å². The molecular weight excluding hydrogens is 163 g/mol. The second kappa shape index (κ2) is 3.41. The molecular formula is C11H13P. The van der Waals surface area contributed by atoms with Crippen molar-refractivity contribution in [3.05, 3.63) is 35.2 Å². The van der Waals surface area contributed by atoms with Crippen LogP contribution in [-0.2, 0) is 0 Å². The van der Waals surface area contributed by atoms with Gasteiger partial charge >= 0.3 is 0 Å². The molecule has 0 unspecified atom stereocenters. The number of allylic oxidation sites excluding steroid dienone is 6. The Kier molecular flexibility index (Phi) is 2.28. The van der Waals surface area contributed by atoms with Gasteiger partial charge in [-0.3, -0.25) is 0 Å². The molecule has 0 N–H and O–H groups in total. The van der Waals surface area contributed by atoms with Gasteiger partial charge in [0.05, 0.1) is 0 Å². The topological polar surface area (TPSA) is 0 Å². The van der Waals surface area contributed by atoms with E-state index in [9.17, 15) is 0 Å². The SMILES string of the molecule is CCCCC1=PC2=CC=CC2=C1. The standard InChI is InChI=1S/C11H13P/c1-2-3-6-10-8-9-5-4-7-11(9)12-10/h4-5,7-8H,2-3,6H2,1H3. The van der Waals surface area contributed by atoms with Gasteiger partial charge in [0.2, 0.25) is 0 Å². The van der Waals surface area contributed by atoms with E-state index in [4.69, 9.17) is 0 Å². The Morgan fingerprint density at radius 3 is 3.08 bits per heavy atom. The predicted molar refractivity (Wildman–Crippen MR) is 56.8 cm³/mol. The van der Waals surface area contributed by atoms with Crippen molar-refractivity contribution in [1.29, 1.82) is 0 Å². The molecule has 0 bridgehead atoms. The van der Waals surface area contributed by atoms with E-state index in [1.807, 2.05) is 0 Å². The summed E-state index contributed by atoms with van der Waals surface area (Å²) in [6.07, 6.45) is 12.9. The molecule has 1 aliphatic carbocycles. The average molecular weight is 176 g/mol. The van der Waals surface area contributed by atoms with Crippen molar-refractivity contribution in [2.24, 2.45) is 0 Å². The van der Waals surface area contributed by atoms with Gasteiger partial charge in [-0.05, 0) is 35.9 Å². The zero-order valence-electron chi connectivity index (χ0n) is 7.38. The highest BCUT2D eigenvalue weighted by atomic mass is 31.1. The monoisotopic (exact) mass is 176 g/mol. The van der Waals surface area contributed by atoms with E-state index in [1.165, 1.54) is 38.4 Å². The first-order chi connectivity index (χ1) is 5.90. The summed E-state index contributed by atoms with van der Waals surface area (Å²) < 4.78 is 0. The van der Waals surface area contributed by atoms with Crippen molar-refractivity contribution in [2.45, 2.75) is 26.2 Å². The number of unbranched alkanes of at least 4 members (excludes halogenated alkanes) is 1. The molecule has 0 spiro atoms. The Bertz CT molecular complexity index is 303. The summed E-state index contributed by atoms with van der Waals surface area (Å²) in [4.78, 5) is 0. The van der Waals surface area contributed by atoms with Gasteiger partial charge in [-0.25, -0.2) is 0 Å². The molecule has 0 radical (unpaired) electrons. The average Bonchev–Trinajstić information content (AvgIpc) is 2.58. The molecule has 0 amide bonds. The highest BCUT2D eigenvalue weighted by molar-refractivity contribution is 7.47. The lowest BCUT2D eigenvalue weighted by molar-refractivity contribution is 0.841. The second-order valence-electron chi connectivity index (χ2n) is 3.22. The zero-order valence-corrected chi connectivity index (χ0v) is 8.27. The Morgan fingerprint density at radius 1 is 1.42 bits per heavy atom. The van der Waals surface area contributed by atoms with Crippen molar-refractivity contribution < 1.29 is 0 Å². The van der Waals surface area contributed by atoms with E-state index in [1.54, 1.807) is 5.29 Å². The van der Waals surface area contributed by atoms with Crippen LogP contribution in [0.25, 0.3) is 0 Å². The summed E-state index contributed by atoms with van der Waals surface area (Å²) >= 11 is 0. The lowest BCUT2D eigenvalue weighted by Crippen LogP contribution is -1.86. The fourth-order valence-electron chi connectivity index (χ4n) is 1.50. The van der Waals surface area contributed by atoms with Crippen molar-refractivity contribution >= 4 is 13.5 Å². The molecule has 12 heavy (non-hydrogen) atoms. The summed E-state index contributed by atoms with van der Waals surface area (Å²) in [5, 5.41) is 3.10. The van der Waals surface area contributed by atoms with Crippen molar-refractivity contribution in [3.8, 4) is 0 Å². The molecule has 0 fully saturated rings. The molecule has 0 aromatic rings. The maximum Gasteiger partial charge on any atom is 0.00930 e. The van der Waals surface area contributed by atoms with E-state index < -0.39 is 0 Å². The highest BCUT2D eigenvalue weighted by Gasteiger charge is 2.12. The normalized spacial score (nSPS) is 20.2. The molecule has 1 heterocycles. The molecule has 2 rings (SSSR count). The fraction of sp³-hybridized carbons (Fsp3) is 0.364. The third kappa shape index (κ3) is 1.44. The predicted octanol–water partition coefficient (Wildman–Crippen LogP) is 3.69. The van der Waals surface area contributed by atoms with Crippen LogP contribution in [0.3, 0.4) is 0 Å². The van der Waals surface area contributed by atoms with Gasteiger partial charge < -0.3 is 0 Å². The maximum absolute atomic E-state index is 2.35. The van der Waals surface area contributed by atoms with Crippen molar-refractivity contribution in [1.82, 2.24) is 0 Å². The summed E-state index contributed by atoms with van der Waals surface area (Å²) in [6.45, 7) is 2.25. The van der Waals surface area contributed by atoms with Gasteiger partial charge in [-0.2, -0.15) is 0 Å². The second-order valence-corrected chi connectivity index (χ2v) is 4.50. The Balaban J connectivity index is 2.04. The molecule has 1 aliphatic heterocycles. The first-order valence-electron chi connectivity index (χ1n) is 4.58. The smallest absolute Gasteiger partial charge is 0.00930 e. The summed E-state index contributed by atoms with van der Waals surface area (Å²) in [5.41, 5.74) is 1.45. The molecule has 0 aromatic heterocycles. The number of fused-ring (bicyclic) bond motifs is 1. The van der Waals surface area contributed by atoms with E-state index >= 15 is 0 Å². The van der Waals surface area contributed by atoms with E-state index in [-0.39, 0.29) is 0 Å². The Labute approximate surface area is 75.5 Å². The molecule has 0 atom stereocenters. The van der Waals surface area contributed by atoms with Crippen LogP contribution in [0.5, 0.6) is 0 Å². The fourth-order valence-corrected chi connectivity index (χ4v) is 2.71. The summed E-state index contributed by atoms with van der Waals surface area (Å²) in [6, 6.07) is 0. The first kappa shape index (κ1) is 8.01. The first-order valence-corrected chi connectivity index (χ1v) is 5.47. The molecule has 1 heteroatoms. The van der Waals surface area contributed by atoms with E-state index in [2.05, 4.69) is 31.2 Å². The highest BCUT2D eigenvalue weighted by Crippen LogP contribution is 2.36. The van der Waals surface area contributed by atoms with E-state index in [0.717, 1.165) is 0 Å². The number of rotatable bonds is 3. The van der Waals surface area contributed by atoms with Gasteiger partial charge in [0.25, 0.3) is 0 Å². The van der Waals surface area contributed by atoms with Gasteiger partial charge in [0.1, 0.15) is 0 Å². The van der Waals surface area contributed by atoms with Crippen LogP contribution in [-0.4, -0.2) is 5.29 Å². The Morgan fingerprint density at radius 2 is 2.33 bits per heavy atom. The number of hydrogen-bond donors (Lipinski definition) is 0. The molecule has 0 aromatic carbocycles. The summed E-state index contributed by atoms with van der Waals surface area (Å²) in [5.74, 6) is 0. The number of hydrogen-bond acceptors (Lipinski definition) is 0.